The van der Waals surface area contributed by atoms with E-state index in [0.717, 1.165) is 0 Å². The molecule has 0 saturated carbocycles. The molecule has 6 nitrogen and oxygen atoms in total. The van der Waals surface area contributed by atoms with E-state index < -0.39 is 11.9 Å². The highest BCUT2D eigenvalue weighted by Gasteiger charge is 2.37. The van der Waals surface area contributed by atoms with Gasteiger partial charge in [0.25, 0.3) is 0 Å². The number of likely N-dealkylation sites (N-methyl/N-ethyl adjacent to an activating group) is 1. The van der Waals surface area contributed by atoms with Gasteiger partial charge in [-0.25, -0.2) is 0 Å². The van der Waals surface area contributed by atoms with Crippen molar-refractivity contribution in [1.29, 1.82) is 0 Å². The molecule has 0 aromatic carbocycles. The SMILES string of the molecule is CN(c1cc(Cl)nnc1Cl)C1COCC1C(=O)O. The molecule has 0 bridgehead atoms. The van der Waals surface area contributed by atoms with Gasteiger partial charge in [0.2, 0.25) is 0 Å². The van der Waals surface area contributed by atoms with Gasteiger partial charge in [-0.1, -0.05) is 23.2 Å². The number of carboxylic acids is 1. The molecule has 0 amide bonds. The van der Waals surface area contributed by atoms with Crippen molar-refractivity contribution in [2.75, 3.05) is 25.2 Å². The van der Waals surface area contributed by atoms with E-state index in [1.165, 1.54) is 0 Å². The molecule has 1 fully saturated rings. The monoisotopic (exact) mass is 291 g/mol. The maximum atomic E-state index is 11.1. The van der Waals surface area contributed by atoms with Crippen molar-refractivity contribution in [2.45, 2.75) is 6.04 Å². The lowest BCUT2D eigenvalue weighted by molar-refractivity contribution is -0.141. The summed E-state index contributed by atoms with van der Waals surface area (Å²) < 4.78 is 5.21. The molecule has 0 spiro atoms. The second-order valence-corrected chi connectivity index (χ2v) is 4.75. The van der Waals surface area contributed by atoms with E-state index in [2.05, 4.69) is 10.2 Å². The minimum absolute atomic E-state index is 0.179. The number of aliphatic carboxylic acids is 1. The molecule has 0 aliphatic carbocycles. The standard InChI is InChI=1S/C10H11Cl2N3O3/c1-15(6-2-8(11)13-14-9(6)12)7-4-18-3-5(7)10(16)17/h2,5,7H,3-4H2,1H3,(H,16,17). The summed E-state index contributed by atoms with van der Waals surface area (Å²) >= 11 is 11.7. The number of nitrogens with zero attached hydrogens (tertiary/aromatic N) is 3. The quantitative estimate of drug-likeness (QED) is 0.905. The normalized spacial score (nSPS) is 23.1. The maximum absolute atomic E-state index is 11.1. The number of carboxylic acid groups (broad SMARTS) is 1. The molecule has 1 aliphatic rings. The number of ether oxygens (including phenoxy) is 1. The van der Waals surface area contributed by atoms with Gasteiger partial charge in [-0.3, -0.25) is 4.79 Å². The van der Waals surface area contributed by atoms with Gasteiger partial charge in [0.15, 0.2) is 10.3 Å². The van der Waals surface area contributed by atoms with Gasteiger partial charge in [-0.15, -0.1) is 10.2 Å². The van der Waals surface area contributed by atoms with Crippen LogP contribution in [0.15, 0.2) is 6.07 Å². The first-order valence-corrected chi connectivity index (χ1v) is 5.98. The van der Waals surface area contributed by atoms with Crippen LogP contribution >= 0.6 is 23.2 Å². The molecular formula is C10H11Cl2N3O3. The highest BCUT2D eigenvalue weighted by atomic mass is 35.5. The summed E-state index contributed by atoms with van der Waals surface area (Å²) in [5.41, 5.74) is 0.540. The van der Waals surface area contributed by atoms with E-state index in [1.807, 2.05) is 0 Å². The zero-order chi connectivity index (χ0) is 13.3. The van der Waals surface area contributed by atoms with Crippen LogP contribution in [0.3, 0.4) is 0 Å². The molecule has 1 aliphatic heterocycles. The number of rotatable bonds is 3. The number of halogens is 2. The van der Waals surface area contributed by atoms with Gasteiger partial charge < -0.3 is 14.7 Å². The molecule has 2 atom stereocenters. The van der Waals surface area contributed by atoms with E-state index in [-0.39, 0.29) is 23.0 Å². The van der Waals surface area contributed by atoms with Crippen molar-refractivity contribution in [3.8, 4) is 0 Å². The molecule has 2 unspecified atom stereocenters. The molecule has 0 radical (unpaired) electrons. The van der Waals surface area contributed by atoms with Crippen molar-refractivity contribution in [2.24, 2.45) is 5.92 Å². The van der Waals surface area contributed by atoms with Crippen LogP contribution in [0.25, 0.3) is 0 Å². The van der Waals surface area contributed by atoms with E-state index in [4.69, 9.17) is 33.0 Å². The molecule has 1 saturated heterocycles. The van der Waals surface area contributed by atoms with E-state index >= 15 is 0 Å². The lowest BCUT2D eigenvalue weighted by atomic mass is 10.0. The number of carbonyl (C=O) groups is 1. The third-order valence-electron chi connectivity index (χ3n) is 2.95. The number of aromatic nitrogens is 2. The first-order valence-electron chi connectivity index (χ1n) is 5.23. The summed E-state index contributed by atoms with van der Waals surface area (Å²) in [5, 5.41) is 16.8. The van der Waals surface area contributed by atoms with Crippen molar-refractivity contribution >= 4 is 34.9 Å². The topological polar surface area (TPSA) is 75.5 Å². The largest absolute Gasteiger partial charge is 0.481 e. The number of anilines is 1. The van der Waals surface area contributed by atoms with Crippen LogP contribution in [-0.2, 0) is 9.53 Å². The Morgan fingerprint density at radius 2 is 2.22 bits per heavy atom. The van der Waals surface area contributed by atoms with Crippen molar-refractivity contribution in [3.05, 3.63) is 16.4 Å². The van der Waals surface area contributed by atoms with E-state index in [9.17, 15) is 4.79 Å². The Hall–Kier alpha value is -1.11. The molecule has 98 valence electrons. The Labute approximate surface area is 113 Å². The van der Waals surface area contributed by atoms with Crippen molar-refractivity contribution in [3.63, 3.8) is 0 Å². The summed E-state index contributed by atoms with van der Waals surface area (Å²) in [5.74, 6) is -1.49. The zero-order valence-corrected chi connectivity index (χ0v) is 11.0. The van der Waals surface area contributed by atoms with Crippen molar-refractivity contribution < 1.29 is 14.6 Å². The second-order valence-electron chi connectivity index (χ2n) is 4.00. The average molecular weight is 292 g/mol. The third kappa shape index (κ3) is 2.50. The Balaban J connectivity index is 2.27. The van der Waals surface area contributed by atoms with Crippen molar-refractivity contribution in [1.82, 2.24) is 10.2 Å². The Kier molecular flexibility index (Phi) is 3.89. The predicted octanol–water partition coefficient (Wildman–Crippen LogP) is 1.32. The average Bonchev–Trinajstić information content (AvgIpc) is 2.80. The smallest absolute Gasteiger partial charge is 0.311 e. The fourth-order valence-electron chi connectivity index (χ4n) is 1.93. The summed E-state index contributed by atoms with van der Waals surface area (Å²) in [6, 6.07) is 1.24. The van der Waals surface area contributed by atoms with E-state index in [0.29, 0.717) is 12.3 Å². The summed E-state index contributed by atoms with van der Waals surface area (Å²) in [6.45, 7) is 0.512. The van der Waals surface area contributed by atoms with Gasteiger partial charge >= 0.3 is 5.97 Å². The molecule has 2 heterocycles. The first kappa shape index (κ1) is 13.3. The van der Waals surface area contributed by atoms with Crippen LogP contribution in [0.2, 0.25) is 10.3 Å². The molecular weight excluding hydrogens is 281 g/mol. The lowest BCUT2D eigenvalue weighted by Gasteiger charge is -2.28. The highest BCUT2D eigenvalue weighted by Crippen LogP contribution is 2.29. The Morgan fingerprint density at radius 3 is 2.89 bits per heavy atom. The van der Waals surface area contributed by atoms with Gasteiger partial charge in [0.05, 0.1) is 24.9 Å². The third-order valence-corrected chi connectivity index (χ3v) is 3.40. The highest BCUT2D eigenvalue weighted by molar-refractivity contribution is 6.33. The van der Waals surface area contributed by atoms with Gasteiger partial charge in [0.1, 0.15) is 5.92 Å². The van der Waals surface area contributed by atoms with Crippen LogP contribution in [0.1, 0.15) is 0 Å². The van der Waals surface area contributed by atoms with Crippen LogP contribution in [0.4, 0.5) is 5.69 Å². The molecule has 1 aromatic rings. The molecule has 2 rings (SSSR count). The Bertz CT molecular complexity index is 472. The van der Waals surface area contributed by atoms with E-state index in [1.54, 1.807) is 18.0 Å². The molecule has 1 aromatic heterocycles. The second kappa shape index (κ2) is 5.26. The zero-order valence-electron chi connectivity index (χ0n) is 9.51. The summed E-state index contributed by atoms with van der Waals surface area (Å²) in [6.07, 6.45) is 0. The summed E-state index contributed by atoms with van der Waals surface area (Å²) in [4.78, 5) is 12.8. The molecule has 18 heavy (non-hydrogen) atoms. The maximum Gasteiger partial charge on any atom is 0.311 e. The van der Waals surface area contributed by atoms with Gasteiger partial charge in [-0.2, -0.15) is 0 Å². The lowest BCUT2D eigenvalue weighted by Crippen LogP contribution is -2.41. The number of hydrogen-bond acceptors (Lipinski definition) is 5. The Morgan fingerprint density at radius 1 is 1.50 bits per heavy atom. The minimum Gasteiger partial charge on any atom is -0.481 e. The fourth-order valence-corrected chi connectivity index (χ4v) is 2.30. The number of hydrogen-bond donors (Lipinski definition) is 1. The van der Waals surface area contributed by atoms with Crippen LogP contribution < -0.4 is 4.90 Å². The van der Waals surface area contributed by atoms with Crippen LogP contribution in [0, 0.1) is 5.92 Å². The first-order chi connectivity index (χ1) is 8.50. The fraction of sp³-hybridized carbons (Fsp3) is 0.500. The minimum atomic E-state index is -0.895. The molecule has 1 N–H and O–H groups in total. The predicted molar refractivity (Wildman–Crippen MR) is 66.2 cm³/mol. The molecule has 8 heteroatoms. The summed E-state index contributed by atoms with van der Waals surface area (Å²) in [7, 11) is 1.73. The van der Waals surface area contributed by atoms with Crippen LogP contribution in [0.5, 0.6) is 0 Å². The van der Waals surface area contributed by atoms with Gasteiger partial charge in [-0.05, 0) is 0 Å². The van der Waals surface area contributed by atoms with Crippen LogP contribution in [-0.4, -0.2) is 47.6 Å². The van der Waals surface area contributed by atoms with Gasteiger partial charge in [0, 0.05) is 13.1 Å².